The first-order chi connectivity index (χ1) is 21.0. The highest BCUT2D eigenvalue weighted by atomic mass is 16.5. The van der Waals surface area contributed by atoms with Gasteiger partial charge in [-0.05, 0) is 58.2 Å². The summed E-state index contributed by atoms with van der Waals surface area (Å²) in [6, 6.07) is 32.2. The Kier molecular flexibility index (Phi) is 6.67. The maximum atomic E-state index is 13.9. The molecule has 2 aliphatic rings. The number of benzene rings is 5. The van der Waals surface area contributed by atoms with Gasteiger partial charge in [-0.1, -0.05) is 97.1 Å². The molecule has 0 saturated carbocycles. The molecule has 43 heavy (non-hydrogen) atoms. The van der Waals surface area contributed by atoms with E-state index in [1.165, 1.54) is 0 Å². The Morgan fingerprint density at radius 2 is 1.21 bits per heavy atom. The normalized spacial score (nSPS) is 14.2. The van der Waals surface area contributed by atoms with Crippen molar-refractivity contribution in [2.45, 2.75) is 25.3 Å². The summed E-state index contributed by atoms with van der Waals surface area (Å²) in [6.45, 7) is -0.510. The Hall–Kier alpha value is -5.36. The summed E-state index contributed by atoms with van der Waals surface area (Å²) in [7, 11) is 0. The predicted molar refractivity (Wildman–Crippen MR) is 163 cm³/mol. The lowest BCUT2D eigenvalue weighted by molar-refractivity contribution is -0.147. The van der Waals surface area contributed by atoms with Gasteiger partial charge in [-0.25, -0.2) is 4.79 Å². The monoisotopic (exact) mass is 565 g/mol. The van der Waals surface area contributed by atoms with Gasteiger partial charge in [0.05, 0.1) is 0 Å². The van der Waals surface area contributed by atoms with Crippen LogP contribution in [-0.4, -0.2) is 41.1 Å². The fourth-order valence-electron chi connectivity index (χ4n) is 6.23. The number of rotatable bonds is 8. The molecule has 0 unspecified atom stereocenters. The minimum atomic E-state index is -1.25. The van der Waals surface area contributed by atoms with Crippen molar-refractivity contribution in [3.63, 3.8) is 0 Å². The van der Waals surface area contributed by atoms with Crippen LogP contribution in [0.25, 0.3) is 21.9 Å². The fourth-order valence-corrected chi connectivity index (χ4v) is 6.23. The van der Waals surface area contributed by atoms with E-state index in [0.29, 0.717) is 22.1 Å². The van der Waals surface area contributed by atoms with E-state index in [0.717, 1.165) is 50.9 Å². The van der Waals surface area contributed by atoms with Gasteiger partial charge in [0.15, 0.2) is 12.4 Å². The number of aryl methyl sites for hydroxylation is 2. The van der Waals surface area contributed by atoms with E-state index in [1.54, 1.807) is 24.3 Å². The first-order valence-corrected chi connectivity index (χ1v) is 14.3. The third kappa shape index (κ3) is 4.71. The Bertz CT molecular complexity index is 1850. The van der Waals surface area contributed by atoms with Crippen molar-refractivity contribution in [3.8, 4) is 11.1 Å². The molecule has 0 spiro atoms. The molecule has 6 nitrogen and oxygen atoms in total. The molecule has 6 heteroatoms. The molecule has 1 heterocycles. The molecule has 1 aliphatic carbocycles. The topological polar surface area (TPSA) is 80.8 Å². The molecule has 5 aromatic rings. The number of imide groups is 1. The summed E-state index contributed by atoms with van der Waals surface area (Å²) in [5.41, 5.74) is 6.20. The van der Waals surface area contributed by atoms with Gasteiger partial charge in [0, 0.05) is 28.5 Å². The lowest BCUT2D eigenvalue weighted by Crippen LogP contribution is -2.52. The quantitative estimate of drug-likeness (QED) is 0.126. The third-order valence-electron chi connectivity index (χ3n) is 8.41. The molecule has 2 amide bonds. The smallest absolute Gasteiger partial charge is 0.330 e. The Labute approximate surface area is 248 Å². The highest BCUT2D eigenvalue weighted by molar-refractivity contribution is 6.27. The lowest BCUT2D eigenvalue weighted by Gasteiger charge is -2.33. The number of Topliss-reactive ketones (excluding diaryl/α,β-unsaturated/α-hetero) is 1. The molecule has 0 N–H and O–H groups in total. The molecular formula is C37H27NO5. The second-order valence-electron chi connectivity index (χ2n) is 11.0. The largest absolute Gasteiger partial charge is 0.456 e. The van der Waals surface area contributed by atoms with E-state index < -0.39 is 30.4 Å². The van der Waals surface area contributed by atoms with E-state index in [1.807, 2.05) is 84.9 Å². The maximum Gasteiger partial charge on any atom is 0.330 e. The van der Waals surface area contributed by atoms with E-state index in [9.17, 15) is 19.2 Å². The molecule has 0 saturated heterocycles. The molecule has 0 fully saturated rings. The summed E-state index contributed by atoms with van der Waals surface area (Å²) in [4.78, 5) is 55.6. The zero-order valence-corrected chi connectivity index (χ0v) is 23.3. The second kappa shape index (κ2) is 10.8. The molecule has 0 bridgehead atoms. The molecule has 7 rings (SSSR count). The van der Waals surface area contributed by atoms with Crippen LogP contribution in [0.2, 0.25) is 0 Å². The average molecular weight is 566 g/mol. The number of nitrogens with zero attached hydrogens (tertiary/aromatic N) is 1. The third-order valence-corrected chi connectivity index (χ3v) is 8.41. The summed E-state index contributed by atoms with van der Waals surface area (Å²) in [5, 5.41) is 1.64. The lowest BCUT2D eigenvalue weighted by atomic mass is 9.90. The van der Waals surface area contributed by atoms with Gasteiger partial charge in [0.2, 0.25) is 0 Å². The van der Waals surface area contributed by atoms with Crippen molar-refractivity contribution in [2.75, 3.05) is 6.61 Å². The average Bonchev–Trinajstić information content (AvgIpc) is 3.48. The highest BCUT2D eigenvalue weighted by Gasteiger charge is 2.42. The SMILES string of the molecule is O=C(COC(=O)[C@@H](Cc1ccccc1)N1C(=O)c2ccc3c4c(ccc(c24)C1=O)CC3)c1ccc(-c2ccccc2)cc1. The van der Waals surface area contributed by atoms with Gasteiger partial charge in [-0.3, -0.25) is 19.3 Å². The van der Waals surface area contributed by atoms with Crippen LogP contribution < -0.4 is 0 Å². The standard InChI is InChI=1S/C37H27NO5/c39-32(26-13-11-25(12-14-26)24-9-5-2-6-10-24)22-43-37(42)31(21-23-7-3-1-4-8-23)38-35(40)29-19-17-27-15-16-28-18-20-30(36(38)41)34(29)33(27)28/h1-14,17-20,31H,15-16,21-22H2/t31-/m1/s1. The van der Waals surface area contributed by atoms with Crippen LogP contribution in [0.3, 0.4) is 0 Å². The molecule has 5 aromatic carbocycles. The van der Waals surface area contributed by atoms with Gasteiger partial charge in [0.1, 0.15) is 6.04 Å². The van der Waals surface area contributed by atoms with Crippen LogP contribution >= 0.6 is 0 Å². The molecule has 0 radical (unpaired) electrons. The van der Waals surface area contributed by atoms with Gasteiger partial charge in [0.25, 0.3) is 11.8 Å². The minimum absolute atomic E-state index is 0.0613. The maximum absolute atomic E-state index is 13.9. The zero-order chi connectivity index (χ0) is 29.5. The molecular weight excluding hydrogens is 538 g/mol. The van der Waals surface area contributed by atoms with E-state index >= 15 is 0 Å². The van der Waals surface area contributed by atoms with Crippen molar-refractivity contribution in [1.29, 1.82) is 0 Å². The molecule has 0 aromatic heterocycles. The van der Waals surface area contributed by atoms with E-state index in [-0.39, 0.29) is 12.2 Å². The van der Waals surface area contributed by atoms with Crippen LogP contribution in [-0.2, 0) is 28.8 Å². The van der Waals surface area contributed by atoms with Crippen LogP contribution in [0.4, 0.5) is 0 Å². The van der Waals surface area contributed by atoms with E-state index in [4.69, 9.17) is 4.74 Å². The van der Waals surface area contributed by atoms with Crippen LogP contribution in [0.1, 0.15) is 47.8 Å². The number of carbonyl (C=O) groups is 4. The fraction of sp³-hybridized carbons (Fsp3) is 0.135. The number of hydrogen-bond acceptors (Lipinski definition) is 5. The predicted octanol–water partition coefficient (Wildman–Crippen LogP) is 6.24. The number of hydrogen-bond donors (Lipinski definition) is 0. The van der Waals surface area contributed by atoms with Gasteiger partial charge < -0.3 is 4.74 Å². The zero-order valence-electron chi connectivity index (χ0n) is 23.3. The van der Waals surface area contributed by atoms with Crippen molar-refractivity contribution in [1.82, 2.24) is 4.90 Å². The van der Waals surface area contributed by atoms with Crippen molar-refractivity contribution >= 4 is 34.3 Å². The molecule has 1 aliphatic heterocycles. The first kappa shape index (κ1) is 26.5. The Morgan fingerprint density at radius 1 is 0.651 bits per heavy atom. The summed E-state index contributed by atoms with van der Waals surface area (Å²) >= 11 is 0. The Morgan fingerprint density at radius 3 is 1.81 bits per heavy atom. The molecule has 210 valence electrons. The minimum Gasteiger partial charge on any atom is -0.456 e. The van der Waals surface area contributed by atoms with Gasteiger partial charge >= 0.3 is 5.97 Å². The summed E-state index contributed by atoms with van der Waals surface area (Å²) in [5.74, 6) is -2.25. The number of carbonyl (C=O) groups excluding carboxylic acids is 4. The van der Waals surface area contributed by atoms with Crippen LogP contribution in [0.15, 0.2) is 109 Å². The Balaban J connectivity index is 1.16. The van der Waals surface area contributed by atoms with E-state index in [2.05, 4.69) is 0 Å². The number of ether oxygens (including phenoxy) is 1. The molecule has 1 atom stereocenters. The number of esters is 1. The summed E-state index contributed by atoms with van der Waals surface area (Å²) < 4.78 is 5.53. The van der Waals surface area contributed by atoms with Crippen molar-refractivity contribution in [2.24, 2.45) is 0 Å². The van der Waals surface area contributed by atoms with Crippen molar-refractivity contribution < 1.29 is 23.9 Å². The van der Waals surface area contributed by atoms with Gasteiger partial charge in [-0.15, -0.1) is 0 Å². The number of ketones is 1. The second-order valence-corrected chi connectivity index (χ2v) is 11.0. The van der Waals surface area contributed by atoms with Gasteiger partial charge in [-0.2, -0.15) is 0 Å². The highest BCUT2D eigenvalue weighted by Crippen LogP contribution is 2.39. The number of amides is 2. The van der Waals surface area contributed by atoms with Crippen molar-refractivity contribution in [3.05, 3.63) is 143 Å². The van der Waals surface area contributed by atoms with Crippen LogP contribution in [0, 0.1) is 0 Å². The van der Waals surface area contributed by atoms with Crippen LogP contribution in [0.5, 0.6) is 0 Å². The summed E-state index contributed by atoms with van der Waals surface area (Å²) in [6.07, 6.45) is 1.80. The first-order valence-electron chi connectivity index (χ1n) is 14.3.